The zero-order chi connectivity index (χ0) is 10.8. The van der Waals surface area contributed by atoms with Crippen LogP contribution in [0, 0.1) is 0 Å². The lowest BCUT2D eigenvalue weighted by atomic mass is 10.5. The molecule has 0 spiro atoms. The monoisotopic (exact) mass is 232 g/mol. The van der Waals surface area contributed by atoms with E-state index in [0.29, 0.717) is 22.7 Å². The first-order valence-electron chi connectivity index (χ1n) is 5.55. The van der Waals surface area contributed by atoms with E-state index in [0.717, 1.165) is 45.3 Å². The Morgan fingerprint density at radius 1 is 1.33 bits per heavy atom. The summed E-state index contributed by atoms with van der Waals surface area (Å²) in [5.41, 5.74) is 0. The molecule has 1 unspecified atom stereocenters. The zero-order valence-electron chi connectivity index (χ0n) is 9.37. The first-order valence-corrected chi connectivity index (χ1v) is 6.66. The minimum absolute atomic E-state index is 0.381. The van der Waals surface area contributed by atoms with Gasteiger partial charge in [-0.15, -0.1) is 0 Å². The van der Waals surface area contributed by atoms with Gasteiger partial charge < -0.3 is 18.6 Å². The topological polar surface area (TPSA) is 40.2 Å². The molecule has 0 aromatic carbocycles. The van der Waals surface area contributed by atoms with Gasteiger partial charge in [-0.3, -0.25) is 0 Å². The molecule has 1 aliphatic rings. The van der Waals surface area contributed by atoms with Crippen LogP contribution in [-0.2, 0) is 18.6 Å². The highest BCUT2D eigenvalue weighted by molar-refractivity contribution is 6.26. The van der Waals surface area contributed by atoms with Gasteiger partial charge in [0.2, 0.25) is 9.76 Å². The molecule has 0 saturated carbocycles. The van der Waals surface area contributed by atoms with Crippen LogP contribution in [0.15, 0.2) is 0 Å². The number of hydrogen-bond donors (Lipinski definition) is 0. The average molecular weight is 232 g/mol. The van der Waals surface area contributed by atoms with Gasteiger partial charge in [-0.25, -0.2) is 0 Å². The van der Waals surface area contributed by atoms with Crippen LogP contribution in [0.5, 0.6) is 0 Å². The van der Waals surface area contributed by atoms with Crippen molar-refractivity contribution in [2.45, 2.75) is 31.9 Å². The van der Waals surface area contributed by atoms with Crippen LogP contribution in [0.1, 0.15) is 19.8 Å². The van der Waals surface area contributed by atoms with Gasteiger partial charge in [0.15, 0.2) is 0 Å². The summed E-state index contributed by atoms with van der Waals surface area (Å²) in [5, 5.41) is 0. The largest absolute Gasteiger partial charge is 0.395 e. The van der Waals surface area contributed by atoms with Gasteiger partial charge in [0, 0.05) is 13.2 Å². The van der Waals surface area contributed by atoms with Crippen LogP contribution in [0.2, 0.25) is 6.04 Å². The van der Waals surface area contributed by atoms with Crippen molar-refractivity contribution in [2.24, 2.45) is 0 Å². The maximum Gasteiger partial charge on any atom is 0.232 e. The Balaban J connectivity index is 1.62. The molecule has 4 nitrogen and oxygen atoms in total. The van der Waals surface area contributed by atoms with Crippen molar-refractivity contribution in [2.75, 3.05) is 33.2 Å². The van der Waals surface area contributed by atoms with Crippen molar-refractivity contribution in [3.63, 3.8) is 0 Å². The highest BCUT2D eigenvalue weighted by Gasteiger charge is 2.21. The van der Waals surface area contributed by atoms with Crippen molar-refractivity contribution in [3.8, 4) is 0 Å². The molecule has 0 amide bonds. The molecular weight excluding hydrogens is 212 g/mol. The Labute approximate surface area is 94.2 Å². The van der Waals surface area contributed by atoms with Crippen molar-refractivity contribution in [1.29, 1.82) is 0 Å². The normalized spacial score (nSPS) is 19.4. The lowest BCUT2D eigenvalue weighted by molar-refractivity contribution is 0.0170. The Morgan fingerprint density at radius 3 is 2.93 bits per heavy atom. The van der Waals surface area contributed by atoms with E-state index in [1.807, 2.05) is 0 Å². The molecule has 1 aliphatic heterocycles. The van der Waals surface area contributed by atoms with E-state index in [1.165, 1.54) is 0 Å². The van der Waals surface area contributed by atoms with E-state index in [1.54, 1.807) is 0 Å². The fraction of sp³-hybridized carbons (Fsp3) is 1.00. The van der Waals surface area contributed by atoms with Gasteiger partial charge in [0.1, 0.15) is 12.9 Å². The van der Waals surface area contributed by atoms with E-state index in [-0.39, 0.29) is 0 Å². The molecule has 1 fully saturated rings. The molecule has 0 bridgehead atoms. The third-order valence-electron chi connectivity index (χ3n) is 1.87. The summed E-state index contributed by atoms with van der Waals surface area (Å²) in [5.74, 6) is 0. The number of rotatable bonds is 11. The summed E-state index contributed by atoms with van der Waals surface area (Å²) < 4.78 is 20.9. The summed E-state index contributed by atoms with van der Waals surface area (Å²) in [7, 11) is 0.529. The van der Waals surface area contributed by atoms with Crippen molar-refractivity contribution in [1.82, 2.24) is 0 Å². The van der Waals surface area contributed by atoms with E-state index in [2.05, 4.69) is 6.92 Å². The maximum atomic E-state index is 5.40. The number of epoxide rings is 1. The zero-order valence-corrected chi connectivity index (χ0v) is 10.4. The van der Waals surface area contributed by atoms with E-state index in [4.69, 9.17) is 18.6 Å². The fourth-order valence-corrected chi connectivity index (χ4v) is 1.58. The van der Waals surface area contributed by atoms with Crippen LogP contribution < -0.4 is 0 Å². The molecule has 1 atom stereocenters. The van der Waals surface area contributed by atoms with Crippen LogP contribution in [-0.4, -0.2) is 49.1 Å². The summed E-state index contributed by atoms with van der Waals surface area (Å²) >= 11 is 0. The SMILES string of the molecule is CCCOCO[Si]CCCOCC1CO1. The van der Waals surface area contributed by atoms with Gasteiger partial charge in [0.25, 0.3) is 0 Å². The molecule has 0 aromatic rings. The fourth-order valence-electron chi connectivity index (χ4n) is 0.984. The summed E-state index contributed by atoms with van der Waals surface area (Å²) in [4.78, 5) is 0. The predicted octanol–water partition coefficient (Wildman–Crippen LogP) is 1.23. The Bertz CT molecular complexity index is 141. The van der Waals surface area contributed by atoms with E-state index >= 15 is 0 Å². The molecular formula is C10H20O4Si. The molecule has 15 heavy (non-hydrogen) atoms. The molecule has 0 aromatic heterocycles. The van der Waals surface area contributed by atoms with Crippen molar-refractivity contribution < 1.29 is 18.6 Å². The summed E-state index contributed by atoms with van der Waals surface area (Å²) in [6, 6.07) is 1.06. The molecule has 1 rings (SSSR count). The smallest absolute Gasteiger partial charge is 0.232 e. The summed E-state index contributed by atoms with van der Waals surface area (Å²) in [6.45, 7) is 5.75. The lowest BCUT2D eigenvalue weighted by Gasteiger charge is -2.03. The lowest BCUT2D eigenvalue weighted by Crippen LogP contribution is -2.07. The van der Waals surface area contributed by atoms with Gasteiger partial charge in [0.05, 0.1) is 13.2 Å². The van der Waals surface area contributed by atoms with Crippen LogP contribution >= 0.6 is 0 Å². The third-order valence-corrected chi connectivity index (χ3v) is 2.75. The van der Waals surface area contributed by atoms with Crippen LogP contribution in [0.3, 0.4) is 0 Å². The molecule has 1 saturated heterocycles. The quantitative estimate of drug-likeness (QED) is 0.232. The average Bonchev–Trinajstić information content (AvgIpc) is 3.05. The van der Waals surface area contributed by atoms with Crippen molar-refractivity contribution in [3.05, 3.63) is 0 Å². The van der Waals surface area contributed by atoms with E-state index < -0.39 is 0 Å². The number of hydrogen-bond acceptors (Lipinski definition) is 4. The van der Waals surface area contributed by atoms with Crippen LogP contribution in [0.4, 0.5) is 0 Å². The molecule has 0 aliphatic carbocycles. The highest BCUT2D eigenvalue weighted by Crippen LogP contribution is 2.08. The number of ether oxygens (including phenoxy) is 3. The molecule has 88 valence electrons. The van der Waals surface area contributed by atoms with Gasteiger partial charge in [-0.1, -0.05) is 6.92 Å². The molecule has 0 N–H and O–H groups in total. The van der Waals surface area contributed by atoms with Gasteiger partial charge in [-0.2, -0.15) is 0 Å². The second kappa shape index (κ2) is 9.29. The second-order valence-electron chi connectivity index (χ2n) is 3.45. The maximum absolute atomic E-state index is 5.40. The van der Waals surface area contributed by atoms with Crippen molar-refractivity contribution >= 4 is 9.76 Å². The highest BCUT2D eigenvalue weighted by atomic mass is 28.2. The standard InChI is InChI=1S/C10H20O4Si/c1-2-4-12-9-14-15-6-3-5-11-7-10-8-13-10/h10H,2-9H2,1H3. The minimum Gasteiger partial charge on any atom is -0.395 e. The van der Waals surface area contributed by atoms with Gasteiger partial charge >= 0.3 is 0 Å². The first kappa shape index (κ1) is 13.1. The predicted molar refractivity (Wildman–Crippen MR) is 57.9 cm³/mol. The molecule has 1 heterocycles. The van der Waals surface area contributed by atoms with Gasteiger partial charge in [-0.05, 0) is 18.9 Å². The van der Waals surface area contributed by atoms with Crippen LogP contribution in [0.25, 0.3) is 0 Å². The first-order chi connectivity index (χ1) is 7.43. The third kappa shape index (κ3) is 9.01. The molecule has 2 radical (unpaired) electrons. The summed E-state index contributed by atoms with van der Waals surface area (Å²) in [6.07, 6.45) is 2.48. The Hall–Kier alpha value is 0.0569. The Morgan fingerprint density at radius 2 is 2.20 bits per heavy atom. The second-order valence-corrected chi connectivity index (χ2v) is 4.53. The molecule has 5 heteroatoms. The van der Waals surface area contributed by atoms with E-state index in [9.17, 15) is 0 Å². The minimum atomic E-state index is 0.381. The Kier molecular flexibility index (Phi) is 8.13.